The second-order valence-electron chi connectivity index (χ2n) is 15.0. The van der Waals surface area contributed by atoms with Gasteiger partial charge in [-0.2, -0.15) is 5.26 Å². The van der Waals surface area contributed by atoms with Gasteiger partial charge in [-0.1, -0.05) is 61.4 Å². The number of nitrogens with zero attached hydrogens (tertiary/aromatic N) is 5. The highest BCUT2D eigenvalue weighted by Crippen LogP contribution is 2.39. The highest BCUT2D eigenvalue weighted by atomic mass is 19.1. The quantitative estimate of drug-likeness (QED) is 0.0752. The SMILES string of the molecule is Cc1ccc(-c2c(-c3ccc(C#N)c(F)c3)nc(N3CCC(NC(=O)CCCCCCC(=O)NOC4CCCCO4)CC3)n3ccnc23)cc1OCc1ccccc1. The minimum Gasteiger partial charge on any atom is -0.489 e. The molecule has 2 saturated heterocycles. The number of aryl methyl sites for hydroxylation is 1. The molecule has 1 atom stereocenters. The van der Waals surface area contributed by atoms with E-state index in [1.165, 1.54) is 12.1 Å². The summed E-state index contributed by atoms with van der Waals surface area (Å²) in [5.41, 5.74) is 7.71. The molecule has 0 saturated carbocycles. The number of hydrogen-bond acceptors (Lipinski definition) is 9. The Bertz CT molecular complexity index is 2230. The van der Waals surface area contributed by atoms with Crippen LogP contribution in [0.3, 0.4) is 0 Å². The van der Waals surface area contributed by atoms with Crippen molar-refractivity contribution in [2.45, 2.75) is 96.5 Å². The van der Waals surface area contributed by atoms with Gasteiger partial charge in [-0.05, 0) is 80.3 Å². The highest BCUT2D eigenvalue weighted by molar-refractivity contribution is 5.91. The van der Waals surface area contributed by atoms with Gasteiger partial charge in [0.05, 0.1) is 16.8 Å². The first kappa shape index (κ1) is 40.4. The molecule has 12 nitrogen and oxygen atoms in total. The van der Waals surface area contributed by atoms with Gasteiger partial charge >= 0.3 is 0 Å². The number of imidazole rings is 1. The van der Waals surface area contributed by atoms with E-state index in [9.17, 15) is 14.9 Å². The van der Waals surface area contributed by atoms with E-state index in [1.54, 1.807) is 12.3 Å². The third-order valence-electron chi connectivity index (χ3n) is 10.7. The fourth-order valence-electron chi connectivity index (χ4n) is 7.50. The predicted octanol–water partition coefficient (Wildman–Crippen LogP) is 7.96. The first-order chi connectivity index (χ1) is 28.4. The van der Waals surface area contributed by atoms with Gasteiger partial charge in [-0.15, -0.1) is 0 Å². The standard InChI is InChI=1S/C45H50FN7O5/c1-31-16-17-33(28-38(31)57-30-32-11-5-4-6-12-32)42-43(34-18-19-35(29-47)37(46)27-34)50-45(53-25-22-48-44(42)53)52-23-20-36(21-24-52)49-39(54)13-7-2-3-8-14-40(55)51-58-41-15-9-10-26-56-41/h4-6,11-12,16-19,22,25,27-28,36,41H,2-3,7-10,13-15,20-21,23-24,26,30H2,1H3,(H,49,54)(H,51,55). The number of hydroxylamine groups is 1. The lowest BCUT2D eigenvalue weighted by Crippen LogP contribution is -2.45. The lowest BCUT2D eigenvalue weighted by molar-refractivity contribution is -0.200. The Morgan fingerprint density at radius 3 is 2.47 bits per heavy atom. The maximum absolute atomic E-state index is 15.2. The second kappa shape index (κ2) is 19.5. The van der Waals surface area contributed by atoms with Crippen molar-refractivity contribution < 1.29 is 28.3 Å². The van der Waals surface area contributed by atoms with Gasteiger partial charge in [0.2, 0.25) is 17.8 Å². The first-order valence-electron chi connectivity index (χ1n) is 20.3. The molecule has 0 aliphatic carbocycles. The number of rotatable bonds is 16. The van der Waals surface area contributed by atoms with Crippen LogP contribution in [0.15, 0.2) is 79.1 Å². The van der Waals surface area contributed by atoms with Crippen molar-refractivity contribution in [1.29, 1.82) is 5.26 Å². The van der Waals surface area contributed by atoms with Crippen molar-refractivity contribution in [3.8, 4) is 34.2 Å². The minimum absolute atomic E-state index is 0.0342. The predicted molar refractivity (Wildman–Crippen MR) is 218 cm³/mol. The second-order valence-corrected chi connectivity index (χ2v) is 15.0. The van der Waals surface area contributed by atoms with E-state index in [4.69, 9.17) is 24.3 Å². The van der Waals surface area contributed by atoms with Crippen molar-refractivity contribution in [3.63, 3.8) is 0 Å². The van der Waals surface area contributed by atoms with Crippen LogP contribution >= 0.6 is 0 Å². The summed E-state index contributed by atoms with van der Waals surface area (Å²) < 4.78 is 28.9. The molecule has 58 heavy (non-hydrogen) atoms. The Hall–Kier alpha value is -5.84. The van der Waals surface area contributed by atoms with E-state index < -0.39 is 5.82 Å². The third kappa shape index (κ3) is 10.2. The van der Waals surface area contributed by atoms with Crippen LogP contribution in [-0.4, -0.2) is 58.2 Å². The molecule has 1 unspecified atom stereocenters. The summed E-state index contributed by atoms with van der Waals surface area (Å²) in [5, 5.41) is 12.7. The van der Waals surface area contributed by atoms with E-state index in [0.29, 0.717) is 73.3 Å². The highest BCUT2D eigenvalue weighted by Gasteiger charge is 2.27. The van der Waals surface area contributed by atoms with Crippen molar-refractivity contribution >= 4 is 23.4 Å². The number of carbonyl (C=O) groups is 2. The van der Waals surface area contributed by atoms with Gasteiger partial charge in [0.1, 0.15) is 29.9 Å². The first-order valence-corrected chi connectivity index (χ1v) is 20.3. The average Bonchev–Trinajstić information content (AvgIpc) is 3.74. The molecule has 0 bridgehead atoms. The van der Waals surface area contributed by atoms with Crippen LogP contribution in [0.5, 0.6) is 5.75 Å². The molecule has 3 aromatic carbocycles. The summed E-state index contributed by atoms with van der Waals surface area (Å²) in [5.74, 6) is 0.640. The van der Waals surface area contributed by atoms with E-state index in [1.807, 2.05) is 72.1 Å². The molecule has 7 rings (SSSR count). The van der Waals surface area contributed by atoms with Gasteiger partial charge in [0, 0.05) is 63.0 Å². The number of nitrogens with one attached hydrogen (secondary N) is 2. The summed E-state index contributed by atoms with van der Waals surface area (Å²) in [7, 11) is 0. The zero-order valence-electron chi connectivity index (χ0n) is 32.9. The molecular formula is C45H50FN7O5. The number of nitriles is 1. The van der Waals surface area contributed by atoms with E-state index in [2.05, 4.69) is 15.7 Å². The number of piperidine rings is 1. The van der Waals surface area contributed by atoms with Gasteiger partial charge in [0.15, 0.2) is 6.29 Å². The number of aromatic nitrogens is 3. The van der Waals surface area contributed by atoms with Gasteiger partial charge in [0.25, 0.3) is 0 Å². The fraction of sp³-hybridized carbons (Fsp3) is 0.400. The van der Waals surface area contributed by atoms with E-state index in [0.717, 1.165) is 74.5 Å². The molecule has 13 heteroatoms. The number of unbranched alkanes of at least 4 members (excludes halogenated alkanes) is 3. The Kier molecular flexibility index (Phi) is 13.6. The van der Waals surface area contributed by atoms with E-state index >= 15 is 4.39 Å². The number of fused-ring (bicyclic) bond motifs is 1. The van der Waals surface area contributed by atoms with Crippen LogP contribution in [0.25, 0.3) is 28.0 Å². The molecule has 5 aromatic rings. The summed E-state index contributed by atoms with van der Waals surface area (Å²) in [6, 6.07) is 22.4. The van der Waals surface area contributed by atoms with Crippen LogP contribution in [0, 0.1) is 24.1 Å². The molecular weight excluding hydrogens is 738 g/mol. The number of halogens is 1. The lowest BCUT2D eigenvalue weighted by atomic mass is 9.97. The van der Waals surface area contributed by atoms with E-state index in [-0.39, 0.29) is 29.7 Å². The number of carbonyl (C=O) groups excluding carboxylic acids is 2. The van der Waals surface area contributed by atoms with Crippen molar-refractivity contribution in [2.75, 3.05) is 24.6 Å². The molecule has 2 amide bonds. The zero-order chi connectivity index (χ0) is 40.3. The summed E-state index contributed by atoms with van der Waals surface area (Å²) in [4.78, 5) is 42.5. The Labute approximate surface area is 338 Å². The molecule has 2 N–H and O–H groups in total. The molecule has 2 fully saturated rings. The van der Waals surface area contributed by atoms with Crippen LogP contribution in [-0.2, 0) is 25.8 Å². The number of hydrogen-bond donors (Lipinski definition) is 2. The molecule has 0 radical (unpaired) electrons. The summed E-state index contributed by atoms with van der Waals surface area (Å²) >= 11 is 0. The lowest BCUT2D eigenvalue weighted by Gasteiger charge is -2.34. The molecule has 2 aliphatic rings. The largest absolute Gasteiger partial charge is 0.489 e. The van der Waals surface area contributed by atoms with Gasteiger partial charge < -0.3 is 19.7 Å². The maximum atomic E-state index is 15.2. The number of anilines is 1. The van der Waals surface area contributed by atoms with Crippen molar-refractivity contribution in [1.82, 2.24) is 25.2 Å². The zero-order valence-corrected chi connectivity index (χ0v) is 32.9. The molecule has 2 aromatic heterocycles. The van der Waals surface area contributed by atoms with Gasteiger partial charge in [-0.25, -0.2) is 24.7 Å². The number of ether oxygens (including phenoxy) is 2. The molecule has 302 valence electrons. The van der Waals surface area contributed by atoms with Crippen LogP contribution in [0.4, 0.5) is 10.3 Å². The smallest absolute Gasteiger partial charge is 0.243 e. The Morgan fingerprint density at radius 1 is 0.948 bits per heavy atom. The van der Waals surface area contributed by atoms with Crippen LogP contribution in [0.1, 0.15) is 87.3 Å². The van der Waals surface area contributed by atoms with Gasteiger partial charge in [-0.3, -0.25) is 14.0 Å². The number of amides is 2. The van der Waals surface area contributed by atoms with Crippen molar-refractivity contribution in [3.05, 3.63) is 102 Å². The number of benzene rings is 3. The Morgan fingerprint density at radius 2 is 1.72 bits per heavy atom. The molecule has 4 heterocycles. The fourth-order valence-corrected chi connectivity index (χ4v) is 7.50. The molecule has 0 spiro atoms. The van der Waals surface area contributed by atoms with Crippen LogP contribution in [0.2, 0.25) is 0 Å². The summed E-state index contributed by atoms with van der Waals surface area (Å²) in [6.45, 7) is 4.35. The monoisotopic (exact) mass is 787 g/mol. The van der Waals surface area contributed by atoms with Crippen LogP contribution < -0.4 is 20.4 Å². The topological polar surface area (TPSA) is 143 Å². The third-order valence-corrected chi connectivity index (χ3v) is 10.7. The van der Waals surface area contributed by atoms with Crippen molar-refractivity contribution in [2.24, 2.45) is 0 Å². The normalized spacial score (nSPS) is 15.9. The summed E-state index contributed by atoms with van der Waals surface area (Å²) in [6.07, 6.45) is 11.6. The minimum atomic E-state index is -0.622. The Balaban J connectivity index is 0.992. The maximum Gasteiger partial charge on any atom is 0.243 e. The molecule has 2 aliphatic heterocycles. The average molecular weight is 788 g/mol.